The van der Waals surface area contributed by atoms with Crippen LogP contribution < -0.4 is 0 Å². The van der Waals surface area contributed by atoms with Crippen LogP contribution in [-0.2, 0) is 23.7 Å². The van der Waals surface area contributed by atoms with Crippen LogP contribution in [0.1, 0.15) is 53.9 Å². The molecule has 2 saturated heterocycles. The molecule has 28 heavy (non-hydrogen) atoms. The predicted molar refractivity (Wildman–Crippen MR) is 103 cm³/mol. The number of imide groups is 1. The van der Waals surface area contributed by atoms with Gasteiger partial charge in [0.1, 0.15) is 23.4 Å². The maximum absolute atomic E-state index is 12.3. The molecule has 7 atom stereocenters. The Kier molecular flexibility index (Phi) is 6.03. The third-order valence-corrected chi connectivity index (χ3v) is 6.89. The van der Waals surface area contributed by atoms with E-state index in [0.29, 0.717) is 16.9 Å². The summed E-state index contributed by atoms with van der Waals surface area (Å²) in [6.07, 6.45) is 1.14. The van der Waals surface area contributed by atoms with E-state index in [0.717, 1.165) is 19.3 Å². The van der Waals surface area contributed by atoms with Crippen LogP contribution in [0.3, 0.4) is 0 Å². The summed E-state index contributed by atoms with van der Waals surface area (Å²) < 4.78 is 24.1. The van der Waals surface area contributed by atoms with Gasteiger partial charge in [0.25, 0.3) is 0 Å². The van der Waals surface area contributed by atoms with Gasteiger partial charge in [0.15, 0.2) is 0 Å². The lowest BCUT2D eigenvalue weighted by atomic mass is 9.65. The summed E-state index contributed by atoms with van der Waals surface area (Å²) in [7, 11) is 1.62. The Morgan fingerprint density at radius 3 is 2.46 bits per heavy atom. The number of nitrogens with zero attached hydrogens (tertiary/aromatic N) is 1. The summed E-state index contributed by atoms with van der Waals surface area (Å²) in [4.78, 5) is 23.7. The van der Waals surface area contributed by atoms with Gasteiger partial charge in [0.2, 0.25) is 5.91 Å². The lowest BCUT2D eigenvalue weighted by Crippen LogP contribution is -2.59. The summed E-state index contributed by atoms with van der Waals surface area (Å²) in [5.41, 5.74) is -0.677. The highest BCUT2D eigenvalue weighted by Gasteiger charge is 2.73. The Balaban J connectivity index is 1.79. The summed E-state index contributed by atoms with van der Waals surface area (Å²) in [5.74, 6) is -0.0357. The molecule has 0 radical (unpaired) electrons. The smallest absolute Gasteiger partial charge is 0.432 e. The summed E-state index contributed by atoms with van der Waals surface area (Å²) >= 11 is 5.74. The summed E-state index contributed by atoms with van der Waals surface area (Å²) in [6.45, 7) is 10.4. The van der Waals surface area contributed by atoms with Gasteiger partial charge >= 0.3 is 6.09 Å². The second-order valence-corrected chi connectivity index (χ2v) is 9.46. The first-order valence-electron chi connectivity index (χ1n) is 10.1. The molecule has 2 amide bonds. The zero-order valence-electron chi connectivity index (χ0n) is 17.6. The van der Waals surface area contributed by atoms with E-state index < -0.39 is 24.2 Å². The van der Waals surface area contributed by atoms with Crippen LogP contribution in [0.25, 0.3) is 0 Å². The van der Waals surface area contributed by atoms with Gasteiger partial charge < -0.3 is 18.9 Å². The Morgan fingerprint density at radius 1 is 1.32 bits per heavy atom. The third-order valence-electron chi connectivity index (χ3n) is 6.51. The SMILES string of the molecule is CO[C@@H]1[C@H](OC(=O)N(Cl)C(C)=O)[C@H](C)C[C@]2(CO2)[C@H]1[C@@]1(C)O[C@@H]1CCC(C)C. The normalized spacial score (nSPS) is 41.8. The molecule has 1 saturated carbocycles. The highest BCUT2D eigenvalue weighted by Crippen LogP contribution is 2.60. The third kappa shape index (κ3) is 3.91. The minimum atomic E-state index is -0.877. The molecule has 8 heteroatoms. The Morgan fingerprint density at radius 2 is 1.96 bits per heavy atom. The van der Waals surface area contributed by atoms with Gasteiger partial charge in [-0.25, -0.2) is 4.79 Å². The van der Waals surface area contributed by atoms with E-state index in [1.807, 2.05) is 6.92 Å². The molecule has 1 aliphatic carbocycles. The number of carbonyl (C=O) groups is 2. The van der Waals surface area contributed by atoms with Gasteiger partial charge in [-0.2, -0.15) is 4.42 Å². The van der Waals surface area contributed by atoms with E-state index in [9.17, 15) is 9.59 Å². The molecule has 0 aromatic carbocycles. The molecule has 0 aromatic rings. The average molecular weight is 418 g/mol. The van der Waals surface area contributed by atoms with Crippen LogP contribution in [0.2, 0.25) is 0 Å². The van der Waals surface area contributed by atoms with E-state index in [1.54, 1.807) is 7.11 Å². The van der Waals surface area contributed by atoms with Crippen LogP contribution in [0.4, 0.5) is 4.79 Å². The second-order valence-electron chi connectivity index (χ2n) is 9.12. The number of epoxide rings is 2. The maximum Gasteiger partial charge on any atom is 0.432 e. The molecule has 1 spiro atoms. The second kappa shape index (κ2) is 7.74. The number of methoxy groups -OCH3 is 1. The number of hydrogen-bond acceptors (Lipinski definition) is 6. The molecule has 0 N–H and O–H groups in total. The highest BCUT2D eigenvalue weighted by atomic mass is 35.5. The van der Waals surface area contributed by atoms with Gasteiger partial charge in [0.05, 0.1) is 18.6 Å². The fraction of sp³-hybridized carbons (Fsp3) is 0.900. The zero-order chi connectivity index (χ0) is 20.9. The van der Waals surface area contributed by atoms with E-state index in [1.165, 1.54) is 6.92 Å². The van der Waals surface area contributed by atoms with Gasteiger partial charge in [-0.15, -0.1) is 0 Å². The predicted octanol–water partition coefficient (Wildman–Crippen LogP) is 3.53. The standard InChI is InChI=1S/C20H32ClNO6/c1-11(2)7-8-14-19(5,28-14)17-16(25-6)15(12(3)9-20(17)10-26-20)27-18(24)22(21)13(4)23/h11-12,14-17H,7-10H2,1-6H3/t12-,14-,15-,16-,17-,19+,20+/m1/s1. The minimum Gasteiger partial charge on any atom is -0.442 e. The lowest BCUT2D eigenvalue weighted by molar-refractivity contribution is -0.143. The van der Waals surface area contributed by atoms with Crippen molar-refractivity contribution in [2.45, 2.75) is 83.4 Å². The number of hydrogen-bond donors (Lipinski definition) is 0. The van der Waals surface area contributed by atoms with Gasteiger partial charge in [-0.3, -0.25) is 4.79 Å². The van der Waals surface area contributed by atoms with Crippen molar-refractivity contribution in [2.75, 3.05) is 13.7 Å². The van der Waals surface area contributed by atoms with Crippen molar-refractivity contribution in [3.05, 3.63) is 0 Å². The number of halogens is 1. The molecule has 0 bridgehead atoms. The Labute approximate surface area is 172 Å². The molecular formula is C20H32ClNO6. The first kappa shape index (κ1) is 21.8. The first-order valence-corrected chi connectivity index (χ1v) is 10.4. The molecule has 2 heterocycles. The van der Waals surface area contributed by atoms with Crippen molar-refractivity contribution in [2.24, 2.45) is 17.8 Å². The quantitative estimate of drug-likeness (QED) is 0.485. The van der Waals surface area contributed by atoms with Crippen molar-refractivity contribution >= 4 is 23.8 Å². The lowest BCUT2D eigenvalue weighted by Gasteiger charge is -2.45. The summed E-state index contributed by atoms with van der Waals surface area (Å²) in [6, 6.07) is 0. The molecule has 7 nitrogen and oxygen atoms in total. The van der Waals surface area contributed by atoms with E-state index in [-0.39, 0.29) is 29.1 Å². The summed E-state index contributed by atoms with van der Waals surface area (Å²) in [5, 5.41) is 0. The van der Waals surface area contributed by atoms with Gasteiger partial charge in [-0.05, 0) is 38.0 Å². The molecule has 160 valence electrons. The largest absolute Gasteiger partial charge is 0.442 e. The van der Waals surface area contributed by atoms with Crippen LogP contribution >= 0.6 is 11.8 Å². The molecular weight excluding hydrogens is 386 g/mol. The number of amides is 2. The molecule has 3 fully saturated rings. The molecule has 3 aliphatic rings. The monoisotopic (exact) mass is 417 g/mol. The Bertz CT molecular complexity index is 624. The Hall–Kier alpha value is -0.890. The van der Waals surface area contributed by atoms with Crippen LogP contribution in [0.15, 0.2) is 0 Å². The minimum absolute atomic E-state index is 0.00105. The van der Waals surface area contributed by atoms with Crippen molar-refractivity contribution in [1.82, 2.24) is 4.42 Å². The fourth-order valence-corrected chi connectivity index (χ4v) is 5.00. The van der Waals surface area contributed by atoms with Crippen LogP contribution in [0.5, 0.6) is 0 Å². The van der Waals surface area contributed by atoms with Crippen molar-refractivity contribution in [3.63, 3.8) is 0 Å². The highest BCUT2D eigenvalue weighted by molar-refractivity contribution is 6.28. The van der Waals surface area contributed by atoms with Crippen LogP contribution in [-0.4, -0.2) is 59.7 Å². The number of carbonyl (C=O) groups excluding carboxylic acids is 2. The zero-order valence-corrected chi connectivity index (χ0v) is 18.3. The average Bonchev–Trinajstić information content (AvgIpc) is 3.52. The van der Waals surface area contributed by atoms with E-state index in [2.05, 4.69) is 20.8 Å². The molecule has 0 unspecified atom stereocenters. The first-order chi connectivity index (χ1) is 13.1. The number of rotatable bonds is 6. The van der Waals surface area contributed by atoms with Gasteiger partial charge in [-0.1, -0.05) is 20.8 Å². The van der Waals surface area contributed by atoms with Crippen molar-refractivity contribution < 1.29 is 28.5 Å². The van der Waals surface area contributed by atoms with E-state index in [4.69, 9.17) is 30.7 Å². The fourth-order valence-electron chi connectivity index (χ4n) is 4.96. The van der Waals surface area contributed by atoms with Gasteiger partial charge in [0, 0.05) is 25.8 Å². The maximum atomic E-state index is 12.3. The van der Waals surface area contributed by atoms with Crippen molar-refractivity contribution in [1.29, 1.82) is 0 Å². The topological polar surface area (TPSA) is 80.9 Å². The van der Waals surface area contributed by atoms with Crippen LogP contribution in [0, 0.1) is 17.8 Å². The van der Waals surface area contributed by atoms with E-state index >= 15 is 0 Å². The molecule has 2 aliphatic heterocycles. The van der Waals surface area contributed by atoms with Crippen molar-refractivity contribution in [3.8, 4) is 0 Å². The molecule has 0 aromatic heterocycles. The molecule has 3 rings (SSSR count). The number of ether oxygens (including phenoxy) is 4.